The molecule has 0 aliphatic carbocycles. The zero-order valence-electron chi connectivity index (χ0n) is 10.3. The Kier molecular flexibility index (Phi) is 4.28. The number of thiophene rings is 1. The van der Waals surface area contributed by atoms with E-state index in [2.05, 4.69) is 35.4 Å². The largest absolute Gasteiger partial charge is 0.355 e. The molecule has 0 amide bonds. The average Bonchev–Trinajstić information content (AvgIpc) is 2.94. The molecular formula is C12H14N4S2. The van der Waals surface area contributed by atoms with E-state index in [1.54, 1.807) is 22.7 Å². The molecule has 0 unspecified atom stereocenters. The van der Waals surface area contributed by atoms with Gasteiger partial charge in [-0.3, -0.25) is 0 Å². The van der Waals surface area contributed by atoms with E-state index in [0.29, 0.717) is 12.5 Å². The maximum Gasteiger partial charge on any atom is 0.205 e. The lowest BCUT2D eigenvalue weighted by Crippen LogP contribution is -1.96. The molecule has 0 aliphatic heterocycles. The second-order valence-corrected chi connectivity index (χ2v) is 6.42. The highest BCUT2D eigenvalue weighted by Gasteiger charge is 2.06. The van der Waals surface area contributed by atoms with E-state index >= 15 is 0 Å². The summed E-state index contributed by atoms with van der Waals surface area (Å²) in [6.45, 7) is 5.04. The molecule has 0 saturated heterocycles. The smallest absolute Gasteiger partial charge is 0.205 e. The summed E-state index contributed by atoms with van der Waals surface area (Å²) in [4.78, 5) is 1.13. The van der Waals surface area contributed by atoms with Crippen molar-refractivity contribution >= 4 is 27.8 Å². The monoisotopic (exact) mass is 278 g/mol. The number of rotatable bonds is 5. The molecule has 0 aromatic carbocycles. The van der Waals surface area contributed by atoms with Crippen LogP contribution in [0, 0.1) is 17.2 Å². The zero-order valence-corrected chi connectivity index (χ0v) is 11.9. The predicted molar refractivity (Wildman–Crippen MR) is 74.8 cm³/mol. The van der Waals surface area contributed by atoms with Gasteiger partial charge in [0.15, 0.2) is 0 Å². The van der Waals surface area contributed by atoms with Crippen molar-refractivity contribution in [3.05, 3.63) is 26.9 Å². The van der Waals surface area contributed by atoms with E-state index in [1.807, 2.05) is 11.4 Å². The lowest BCUT2D eigenvalue weighted by molar-refractivity contribution is 0.640. The Morgan fingerprint density at radius 2 is 2.28 bits per heavy atom. The van der Waals surface area contributed by atoms with Gasteiger partial charge in [-0.15, -0.1) is 21.5 Å². The summed E-state index contributed by atoms with van der Waals surface area (Å²) in [6, 6.07) is 4.03. The van der Waals surface area contributed by atoms with Crippen molar-refractivity contribution in [2.24, 2.45) is 5.92 Å². The van der Waals surface area contributed by atoms with Crippen molar-refractivity contribution in [3.8, 4) is 6.07 Å². The average molecular weight is 278 g/mol. The normalized spacial score (nSPS) is 10.6. The molecular weight excluding hydrogens is 264 g/mol. The van der Waals surface area contributed by atoms with Gasteiger partial charge in [0.25, 0.3) is 0 Å². The number of hydrogen-bond acceptors (Lipinski definition) is 6. The minimum Gasteiger partial charge on any atom is -0.355 e. The molecule has 0 atom stereocenters. The molecule has 2 aromatic rings. The fourth-order valence-corrected chi connectivity index (χ4v) is 3.15. The lowest BCUT2D eigenvalue weighted by Gasteiger charge is -1.98. The van der Waals surface area contributed by atoms with Gasteiger partial charge in [0.1, 0.15) is 11.1 Å². The highest BCUT2D eigenvalue weighted by Crippen LogP contribution is 2.20. The highest BCUT2D eigenvalue weighted by molar-refractivity contribution is 7.15. The second kappa shape index (κ2) is 5.94. The minimum absolute atomic E-state index is 0.598. The van der Waals surface area contributed by atoms with Crippen LogP contribution in [0.4, 0.5) is 5.13 Å². The van der Waals surface area contributed by atoms with Crippen molar-refractivity contribution in [1.82, 2.24) is 10.2 Å². The molecule has 2 rings (SSSR count). The van der Waals surface area contributed by atoms with Gasteiger partial charge in [0, 0.05) is 16.7 Å². The van der Waals surface area contributed by atoms with Crippen molar-refractivity contribution in [3.63, 3.8) is 0 Å². The first-order chi connectivity index (χ1) is 8.67. The third-order valence-electron chi connectivity index (χ3n) is 2.25. The molecule has 0 fully saturated rings. The zero-order chi connectivity index (χ0) is 13.0. The van der Waals surface area contributed by atoms with Gasteiger partial charge < -0.3 is 5.32 Å². The SMILES string of the molecule is CC(C)Cc1nnc(NCc2cc(C#N)cs2)s1. The molecule has 4 nitrogen and oxygen atoms in total. The number of nitrogens with one attached hydrogen (secondary N) is 1. The van der Waals surface area contributed by atoms with Gasteiger partial charge >= 0.3 is 0 Å². The third-order valence-corrected chi connectivity index (χ3v) is 4.09. The maximum atomic E-state index is 8.74. The minimum atomic E-state index is 0.598. The van der Waals surface area contributed by atoms with Crippen molar-refractivity contribution in [1.29, 1.82) is 5.26 Å². The van der Waals surface area contributed by atoms with Gasteiger partial charge in [-0.25, -0.2) is 0 Å². The Bertz CT molecular complexity index is 550. The van der Waals surface area contributed by atoms with E-state index in [0.717, 1.165) is 27.0 Å². The summed E-state index contributed by atoms with van der Waals surface area (Å²) >= 11 is 3.18. The van der Waals surface area contributed by atoms with Gasteiger partial charge in [-0.05, 0) is 12.0 Å². The highest BCUT2D eigenvalue weighted by atomic mass is 32.1. The third kappa shape index (κ3) is 3.52. The number of hydrogen-bond donors (Lipinski definition) is 1. The summed E-state index contributed by atoms with van der Waals surface area (Å²) in [7, 11) is 0. The van der Waals surface area contributed by atoms with E-state index in [1.165, 1.54) is 0 Å². The van der Waals surface area contributed by atoms with Crippen molar-refractivity contribution in [2.45, 2.75) is 26.8 Å². The van der Waals surface area contributed by atoms with Crippen LogP contribution >= 0.6 is 22.7 Å². The van der Waals surface area contributed by atoms with Gasteiger partial charge in [-0.1, -0.05) is 25.2 Å². The summed E-state index contributed by atoms with van der Waals surface area (Å²) < 4.78 is 0. The Morgan fingerprint density at radius 1 is 1.44 bits per heavy atom. The Hall–Kier alpha value is -1.45. The van der Waals surface area contributed by atoms with Crippen LogP contribution < -0.4 is 5.32 Å². The molecule has 2 heterocycles. The summed E-state index contributed by atoms with van der Waals surface area (Å²) in [5.74, 6) is 0.598. The van der Waals surface area contributed by atoms with Gasteiger partial charge in [-0.2, -0.15) is 5.26 Å². The molecule has 0 radical (unpaired) electrons. The predicted octanol–water partition coefficient (Wildman–Crippen LogP) is 3.28. The standard InChI is InChI=1S/C12H14N4S2/c1-8(2)3-11-15-16-12(18-11)14-6-10-4-9(5-13)7-17-10/h4,7-8H,3,6H2,1-2H3,(H,14,16). The van der Waals surface area contributed by atoms with Crippen LogP contribution in [0.15, 0.2) is 11.4 Å². The van der Waals surface area contributed by atoms with Crippen LogP contribution in [0.25, 0.3) is 0 Å². The molecule has 0 aliphatic rings. The van der Waals surface area contributed by atoms with E-state index in [9.17, 15) is 0 Å². The Labute approximate surface area is 114 Å². The number of nitrogens with zero attached hydrogens (tertiary/aromatic N) is 3. The quantitative estimate of drug-likeness (QED) is 0.911. The second-order valence-electron chi connectivity index (χ2n) is 4.37. The van der Waals surface area contributed by atoms with E-state index in [-0.39, 0.29) is 0 Å². The number of anilines is 1. The Morgan fingerprint density at radius 3 is 2.94 bits per heavy atom. The van der Waals surface area contributed by atoms with Gasteiger partial charge in [0.2, 0.25) is 5.13 Å². The number of nitriles is 1. The molecule has 6 heteroatoms. The molecule has 1 N–H and O–H groups in total. The fraction of sp³-hybridized carbons (Fsp3) is 0.417. The lowest BCUT2D eigenvalue weighted by atomic mass is 10.1. The van der Waals surface area contributed by atoms with Crippen molar-refractivity contribution in [2.75, 3.05) is 5.32 Å². The number of aromatic nitrogens is 2. The summed E-state index contributed by atoms with van der Waals surface area (Å²) in [5, 5.41) is 24.0. The van der Waals surface area contributed by atoms with Crippen LogP contribution in [0.1, 0.15) is 29.3 Å². The van der Waals surface area contributed by atoms with Crippen LogP contribution in [0.5, 0.6) is 0 Å². The summed E-state index contributed by atoms with van der Waals surface area (Å²) in [6.07, 6.45) is 0.969. The fourth-order valence-electron chi connectivity index (χ4n) is 1.45. The maximum absolute atomic E-state index is 8.74. The van der Waals surface area contributed by atoms with E-state index < -0.39 is 0 Å². The van der Waals surface area contributed by atoms with Crippen LogP contribution in [-0.4, -0.2) is 10.2 Å². The topological polar surface area (TPSA) is 61.6 Å². The molecule has 94 valence electrons. The summed E-state index contributed by atoms with van der Waals surface area (Å²) in [5.41, 5.74) is 0.717. The first-order valence-corrected chi connectivity index (χ1v) is 7.40. The van der Waals surface area contributed by atoms with Crippen LogP contribution in [-0.2, 0) is 13.0 Å². The first kappa shape index (κ1) is 13.0. The molecule has 0 spiro atoms. The van der Waals surface area contributed by atoms with Gasteiger partial charge in [0.05, 0.1) is 12.1 Å². The molecule has 0 bridgehead atoms. The van der Waals surface area contributed by atoms with Crippen LogP contribution in [0.2, 0.25) is 0 Å². The molecule has 2 aromatic heterocycles. The van der Waals surface area contributed by atoms with Crippen LogP contribution in [0.3, 0.4) is 0 Å². The van der Waals surface area contributed by atoms with E-state index in [4.69, 9.17) is 5.26 Å². The Balaban J connectivity index is 1.90. The molecule has 18 heavy (non-hydrogen) atoms. The first-order valence-electron chi connectivity index (χ1n) is 5.71. The van der Waals surface area contributed by atoms with Crippen molar-refractivity contribution < 1.29 is 0 Å². The molecule has 0 saturated carbocycles.